The van der Waals surface area contributed by atoms with Crippen LogP contribution in [0.4, 0.5) is 5.69 Å². The second-order valence-electron chi connectivity index (χ2n) is 2.80. The zero-order valence-electron chi connectivity index (χ0n) is 15.6. The van der Waals surface area contributed by atoms with E-state index in [9.17, 15) is 4.79 Å². The molecular formula is C10H14N4O5. The number of nitrogens with two attached hydrogens (primary N) is 2. The van der Waals surface area contributed by atoms with E-state index in [1.54, 1.807) is 0 Å². The highest BCUT2D eigenvalue weighted by Gasteiger charge is 2.08. The van der Waals surface area contributed by atoms with Gasteiger partial charge in [-0.2, -0.15) is 0 Å². The van der Waals surface area contributed by atoms with Gasteiger partial charge in [0.1, 0.15) is 5.69 Å². The van der Waals surface area contributed by atoms with Gasteiger partial charge in [0.05, 0.1) is 21.9 Å². The topological polar surface area (TPSA) is 159 Å². The molecule has 0 unspecified atom stereocenters. The molecule has 0 aliphatic carbocycles. The van der Waals surface area contributed by atoms with Crippen molar-refractivity contribution in [3.05, 3.63) is 44.6 Å². The van der Waals surface area contributed by atoms with Crippen LogP contribution in [0.15, 0.2) is 18.1 Å². The minimum atomic E-state index is -2.80. The van der Waals surface area contributed by atoms with Crippen molar-refractivity contribution < 1.29 is 27.8 Å². The van der Waals surface area contributed by atoms with Gasteiger partial charge in [0, 0.05) is 4.11 Å². The van der Waals surface area contributed by atoms with Gasteiger partial charge in [-0.1, -0.05) is 6.04 Å². The molecule has 19 heavy (non-hydrogen) atoms. The molecule has 9 nitrogen and oxygen atoms in total. The van der Waals surface area contributed by atoms with Crippen molar-refractivity contribution in [3.8, 4) is 0 Å². The van der Waals surface area contributed by atoms with E-state index in [1.165, 1.54) is 0 Å². The summed E-state index contributed by atoms with van der Waals surface area (Å²) in [5.41, 5.74) is 8.91. The Morgan fingerprint density at radius 3 is 2.53 bits per heavy atom. The molecule has 0 heterocycles. The Labute approximate surface area is 117 Å². The fourth-order valence-electron chi connectivity index (χ4n) is 0.848. The molecule has 0 atom stereocenters. The third-order valence-electron chi connectivity index (χ3n) is 1.47. The van der Waals surface area contributed by atoms with Gasteiger partial charge in [0.15, 0.2) is 0 Å². The first-order chi connectivity index (χ1) is 11.3. The minimum absolute atomic E-state index is 0.415. The summed E-state index contributed by atoms with van der Waals surface area (Å²) in [6.45, 7) is -2.80. The summed E-state index contributed by atoms with van der Waals surface area (Å²) < 4.78 is 50.1. The Balaban J connectivity index is 0.00000129. The number of carbonyl (C=O) groups is 1. The summed E-state index contributed by atoms with van der Waals surface area (Å²) in [7, 11) is 1.04. The quantitative estimate of drug-likeness (QED) is 0.195. The van der Waals surface area contributed by atoms with E-state index in [-0.39, 0.29) is 0 Å². The van der Waals surface area contributed by atoms with Crippen LogP contribution < -0.4 is 16.5 Å². The van der Waals surface area contributed by atoms with Crippen LogP contribution in [-0.4, -0.2) is 24.1 Å². The predicted octanol–water partition coefficient (Wildman–Crippen LogP) is -1.47. The van der Waals surface area contributed by atoms with E-state index >= 15 is 0 Å². The normalized spacial score (nSPS) is 13.9. The van der Waals surface area contributed by atoms with Gasteiger partial charge in [-0.15, -0.1) is 0 Å². The van der Waals surface area contributed by atoms with Gasteiger partial charge in [0.25, 0.3) is 0 Å². The summed E-state index contributed by atoms with van der Waals surface area (Å²) in [5, 5.41) is 14.8. The van der Waals surface area contributed by atoms with Crippen molar-refractivity contribution >= 4 is 17.6 Å². The molecule has 9 heteroatoms. The number of hydrogen-bond donors (Lipinski definition) is 3. The second-order valence-corrected chi connectivity index (χ2v) is 2.80. The van der Waals surface area contributed by atoms with E-state index in [0.717, 1.165) is 7.11 Å². The summed E-state index contributed by atoms with van der Waals surface area (Å²) in [6.07, 6.45) is 0. The average molecular weight is 276 g/mol. The zero-order chi connectivity index (χ0) is 20.1. The molecule has 1 aromatic carbocycles. The molecule has 104 valence electrons. The van der Waals surface area contributed by atoms with Crippen molar-refractivity contribution in [1.82, 2.24) is 0 Å². The Hall–Kier alpha value is -2.84. The van der Waals surface area contributed by atoms with E-state index < -0.39 is 58.8 Å². The fraction of sp³-hybridized carbons (Fsp3) is 0.200. The third kappa shape index (κ3) is 6.46. The van der Waals surface area contributed by atoms with Crippen LogP contribution in [0, 0.1) is 22.2 Å². The van der Waals surface area contributed by atoms with E-state index in [2.05, 4.69) is 9.73 Å². The lowest BCUT2D eigenvalue weighted by molar-refractivity contribution is -0.402. The Kier molecular flexibility index (Phi) is 3.27. The number of methoxy groups -OCH3 is 1. The molecule has 5 N–H and O–H groups in total. The van der Waals surface area contributed by atoms with Gasteiger partial charge in [-0.3, -0.25) is 11.5 Å². The SMILES string of the molecule is O=[N+]([O-])[O-].[2H]c1c([2H])c(C([2H])([2H])[2H])c([NH+]=C(N)N)c([2H])c1C(=O)OC. The van der Waals surface area contributed by atoms with Gasteiger partial charge in [-0.25, -0.2) is 9.79 Å². The number of nitrogens with one attached hydrogen (secondary N) is 1. The molecule has 0 amide bonds. The van der Waals surface area contributed by atoms with Gasteiger partial charge < -0.3 is 20.1 Å². The maximum Gasteiger partial charge on any atom is 0.343 e. The maximum absolute atomic E-state index is 11.6. The maximum atomic E-state index is 11.6. The van der Waals surface area contributed by atoms with Crippen LogP contribution in [0.1, 0.15) is 24.1 Å². The first kappa shape index (κ1) is 8.29. The first-order valence-electron chi connectivity index (χ1n) is 7.44. The predicted molar refractivity (Wildman–Crippen MR) is 66.9 cm³/mol. The monoisotopic (exact) mass is 276 g/mol. The number of carbonyl (C=O) groups excluding carboxylic acids is 1. The zero-order valence-corrected chi connectivity index (χ0v) is 9.64. The Morgan fingerprint density at radius 1 is 1.53 bits per heavy atom. The summed E-state index contributed by atoms with van der Waals surface area (Å²) in [5.74, 6) is -1.45. The average Bonchev–Trinajstić information content (AvgIpc) is 2.42. The van der Waals surface area contributed by atoms with Crippen molar-refractivity contribution in [2.24, 2.45) is 11.5 Å². The van der Waals surface area contributed by atoms with Crippen molar-refractivity contribution in [2.45, 2.75) is 6.85 Å². The second kappa shape index (κ2) is 7.48. The summed E-state index contributed by atoms with van der Waals surface area (Å²) >= 11 is 0. The number of esters is 1. The van der Waals surface area contributed by atoms with E-state index in [1.807, 2.05) is 0 Å². The molecular weight excluding hydrogens is 256 g/mol. The Bertz CT molecular complexity index is 713. The Morgan fingerprint density at radius 2 is 2.11 bits per heavy atom. The fourth-order valence-corrected chi connectivity index (χ4v) is 0.848. The van der Waals surface area contributed by atoms with Gasteiger partial charge in [-0.05, 0) is 24.5 Å². The molecule has 0 saturated carbocycles. The highest BCUT2D eigenvalue weighted by atomic mass is 16.9. The first-order valence-corrected chi connectivity index (χ1v) is 4.44. The standard InChI is InChI=1S/C10H13N3O2.NO3/c1-6-3-4-7(9(14)15-2)5-8(6)13-10(11)12;2-1(3)4/h3-5H,1-2H3,(H4,11,12,13);/q;-1/p+1/i1D3,3D,4D,5D;. The number of guanidine groups is 1. The number of nitrogens with zero attached hydrogens (tertiary/aromatic N) is 1. The van der Waals surface area contributed by atoms with Crippen LogP contribution >= 0.6 is 0 Å². The highest BCUT2D eigenvalue weighted by molar-refractivity contribution is 5.90. The number of ether oxygens (including phenoxy) is 1. The molecule has 0 fully saturated rings. The smallest absolute Gasteiger partial charge is 0.343 e. The van der Waals surface area contributed by atoms with Crippen LogP contribution in [0.3, 0.4) is 0 Å². The van der Waals surface area contributed by atoms with Crippen LogP contribution in [-0.2, 0) is 4.74 Å². The molecule has 0 aliphatic heterocycles. The highest BCUT2D eigenvalue weighted by Crippen LogP contribution is 2.12. The molecule has 0 aromatic heterocycles. The van der Waals surface area contributed by atoms with Gasteiger partial charge >= 0.3 is 11.9 Å². The molecule has 0 saturated heterocycles. The number of rotatable bonds is 2. The molecule has 0 bridgehead atoms. The van der Waals surface area contributed by atoms with Crippen molar-refractivity contribution in [3.63, 3.8) is 0 Å². The van der Waals surface area contributed by atoms with Crippen molar-refractivity contribution in [2.75, 3.05) is 7.11 Å². The number of hydrogen-bond acceptors (Lipinski definition) is 5. The van der Waals surface area contributed by atoms with E-state index in [0.29, 0.717) is 0 Å². The molecule has 1 rings (SSSR count). The van der Waals surface area contributed by atoms with Crippen LogP contribution in [0.5, 0.6) is 0 Å². The lowest BCUT2D eigenvalue weighted by Gasteiger charge is -2.02. The summed E-state index contributed by atoms with van der Waals surface area (Å²) in [6, 6.07) is -2.06. The number of benzene rings is 1. The third-order valence-corrected chi connectivity index (χ3v) is 1.47. The van der Waals surface area contributed by atoms with Crippen LogP contribution in [0.2, 0.25) is 0 Å². The van der Waals surface area contributed by atoms with E-state index in [4.69, 9.17) is 35.0 Å². The molecule has 0 radical (unpaired) electrons. The van der Waals surface area contributed by atoms with Crippen LogP contribution in [0.25, 0.3) is 0 Å². The largest absolute Gasteiger partial charge is 0.465 e. The molecule has 0 aliphatic rings. The lowest BCUT2D eigenvalue weighted by atomic mass is 10.1. The molecule has 0 spiro atoms. The minimum Gasteiger partial charge on any atom is -0.465 e. The lowest BCUT2D eigenvalue weighted by Crippen LogP contribution is -2.72. The summed E-state index contributed by atoms with van der Waals surface area (Å²) in [4.78, 5) is 22.1. The molecule has 1 aromatic rings. The van der Waals surface area contributed by atoms with Gasteiger partial charge in [0.2, 0.25) is 0 Å². The van der Waals surface area contributed by atoms with Crippen molar-refractivity contribution in [1.29, 1.82) is 0 Å².